The summed E-state index contributed by atoms with van der Waals surface area (Å²) in [6, 6.07) is 9.44. The van der Waals surface area contributed by atoms with E-state index in [9.17, 15) is 19.3 Å². The van der Waals surface area contributed by atoms with Gasteiger partial charge in [0.2, 0.25) is 0 Å². The molecule has 6 nitrogen and oxygen atoms in total. The van der Waals surface area contributed by atoms with Gasteiger partial charge in [0.1, 0.15) is 16.0 Å². The van der Waals surface area contributed by atoms with E-state index in [-0.39, 0.29) is 27.2 Å². The number of ketones is 1. The van der Waals surface area contributed by atoms with Crippen molar-refractivity contribution in [1.29, 1.82) is 0 Å². The van der Waals surface area contributed by atoms with Crippen LogP contribution in [0.4, 0.5) is 10.1 Å². The second kappa shape index (κ2) is 7.92. The molecule has 2 aromatic carbocycles. The van der Waals surface area contributed by atoms with Gasteiger partial charge in [-0.05, 0) is 55.5 Å². The standard InChI is InChI=1S/C19H12Cl2FN3O3/c1-11-15(19(21)24(23-11)14-5-3-13(22)4-6-14)7-9-18(26)12-2-8-16(20)17(10-12)25(27)28/h2-10H,1H3/b9-7+. The van der Waals surface area contributed by atoms with E-state index in [1.54, 1.807) is 6.92 Å². The number of hydrogen-bond acceptors (Lipinski definition) is 4. The van der Waals surface area contributed by atoms with Crippen molar-refractivity contribution in [2.75, 3.05) is 0 Å². The number of aryl methyl sites for hydroxylation is 1. The van der Waals surface area contributed by atoms with Gasteiger partial charge in [0, 0.05) is 17.2 Å². The number of halogens is 3. The van der Waals surface area contributed by atoms with E-state index in [0.717, 1.165) is 6.07 Å². The molecule has 0 saturated heterocycles. The summed E-state index contributed by atoms with van der Waals surface area (Å²) in [5, 5.41) is 15.5. The molecule has 3 aromatic rings. The number of nitro benzene ring substituents is 1. The van der Waals surface area contributed by atoms with Crippen molar-refractivity contribution in [2.45, 2.75) is 6.92 Å². The fourth-order valence-corrected chi connectivity index (χ4v) is 3.04. The van der Waals surface area contributed by atoms with Gasteiger partial charge in [0.25, 0.3) is 5.69 Å². The number of hydrogen-bond donors (Lipinski definition) is 0. The molecule has 0 amide bonds. The number of nitrogens with zero attached hydrogens (tertiary/aromatic N) is 3. The summed E-state index contributed by atoms with van der Waals surface area (Å²) in [6.07, 6.45) is 2.73. The Labute approximate surface area is 169 Å². The molecule has 0 atom stereocenters. The summed E-state index contributed by atoms with van der Waals surface area (Å²) >= 11 is 12.1. The summed E-state index contributed by atoms with van der Waals surface area (Å²) in [7, 11) is 0. The first-order valence-corrected chi connectivity index (χ1v) is 8.71. The van der Waals surface area contributed by atoms with Crippen LogP contribution in [0, 0.1) is 22.9 Å². The van der Waals surface area contributed by atoms with Gasteiger partial charge in [-0.25, -0.2) is 9.07 Å². The summed E-state index contributed by atoms with van der Waals surface area (Å²) in [4.78, 5) is 22.7. The van der Waals surface area contributed by atoms with Crippen molar-refractivity contribution in [2.24, 2.45) is 0 Å². The average molecular weight is 420 g/mol. The lowest BCUT2D eigenvalue weighted by Gasteiger charge is -2.02. The average Bonchev–Trinajstić information content (AvgIpc) is 2.94. The van der Waals surface area contributed by atoms with Crippen LogP contribution in [0.1, 0.15) is 21.6 Å². The SMILES string of the molecule is Cc1nn(-c2ccc(F)cc2)c(Cl)c1/C=C/C(=O)c1ccc(Cl)c([N+](=O)[O-])c1. The fourth-order valence-electron chi connectivity index (χ4n) is 2.51. The first kappa shape index (κ1) is 19.7. The van der Waals surface area contributed by atoms with Crippen molar-refractivity contribution < 1.29 is 14.1 Å². The maximum absolute atomic E-state index is 13.1. The lowest BCUT2D eigenvalue weighted by molar-refractivity contribution is -0.384. The van der Waals surface area contributed by atoms with Gasteiger partial charge in [0.05, 0.1) is 16.3 Å². The zero-order valence-electron chi connectivity index (χ0n) is 14.4. The molecule has 28 heavy (non-hydrogen) atoms. The Bertz CT molecular complexity index is 1110. The molecule has 3 rings (SSSR count). The fraction of sp³-hybridized carbons (Fsp3) is 0.0526. The highest BCUT2D eigenvalue weighted by atomic mass is 35.5. The zero-order chi connectivity index (χ0) is 20.4. The van der Waals surface area contributed by atoms with Crippen LogP contribution in [-0.4, -0.2) is 20.5 Å². The Morgan fingerprint density at radius 1 is 1.21 bits per heavy atom. The summed E-state index contributed by atoms with van der Waals surface area (Å²) in [6.45, 7) is 1.71. The first-order chi connectivity index (χ1) is 13.3. The van der Waals surface area contributed by atoms with E-state index in [2.05, 4.69) is 5.10 Å². The minimum absolute atomic E-state index is 0.0509. The van der Waals surface area contributed by atoms with Crippen molar-refractivity contribution in [1.82, 2.24) is 9.78 Å². The van der Waals surface area contributed by atoms with Gasteiger partial charge in [-0.15, -0.1) is 0 Å². The predicted molar refractivity (Wildman–Crippen MR) is 105 cm³/mol. The van der Waals surface area contributed by atoms with Gasteiger partial charge in [-0.2, -0.15) is 5.10 Å². The van der Waals surface area contributed by atoms with Crippen molar-refractivity contribution >= 4 is 40.7 Å². The molecular formula is C19H12Cl2FN3O3. The Hall–Kier alpha value is -3.03. The highest BCUT2D eigenvalue weighted by molar-refractivity contribution is 6.33. The molecule has 0 fully saturated rings. The van der Waals surface area contributed by atoms with Crippen LogP contribution in [-0.2, 0) is 0 Å². The molecule has 0 saturated carbocycles. The number of carbonyl (C=O) groups is 1. The summed E-state index contributed by atoms with van der Waals surface area (Å²) < 4.78 is 14.5. The molecule has 0 radical (unpaired) electrons. The van der Waals surface area contributed by atoms with Crippen LogP contribution in [0.2, 0.25) is 10.2 Å². The van der Waals surface area contributed by atoms with Crippen LogP contribution in [0.15, 0.2) is 48.5 Å². The van der Waals surface area contributed by atoms with Crippen LogP contribution < -0.4 is 0 Å². The molecule has 0 aliphatic carbocycles. The van der Waals surface area contributed by atoms with Gasteiger partial charge >= 0.3 is 0 Å². The van der Waals surface area contributed by atoms with Gasteiger partial charge < -0.3 is 0 Å². The Morgan fingerprint density at radius 3 is 2.54 bits per heavy atom. The predicted octanol–water partition coefficient (Wildman–Crippen LogP) is 5.43. The summed E-state index contributed by atoms with van der Waals surface area (Å²) in [5.41, 5.74) is 1.39. The lowest BCUT2D eigenvalue weighted by atomic mass is 10.1. The minimum Gasteiger partial charge on any atom is -0.289 e. The molecule has 0 aliphatic rings. The third-order valence-electron chi connectivity index (χ3n) is 3.95. The third-order valence-corrected chi connectivity index (χ3v) is 4.63. The second-order valence-electron chi connectivity index (χ2n) is 5.80. The molecule has 9 heteroatoms. The van der Waals surface area contributed by atoms with Crippen LogP contribution in [0.25, 0.3) is 11.8 Å². The highest BCUT2D eigenvalue weighted by Crippen LogP contribution is 2.27. The van der Waals surface area contributed by atoms with E-state index < -0.39 is 10.7 Å². The van der Waals surface area contributed by atoms with E-state index in [1.165, 1.54) is 53.2 Å². The van der Waals surface area contributed by atoms with Crippen molar-refractivity contribution in [3.63, 3.8) is 0 Å². The molecule has 0 aliphatic heterocycles. The number of nitro groups is 1. The lowest BCUT2D eigenvalue weighted by Crippen LogP contribution is -1.97. The Balaban J connectivity index is 1.90. The Morgan fingerprint density at radius 2 is 1.89 bits per heavy atom. The van der Waals surface area contributed by atoms with Gasteiger partial charge in [0.15, 0.2) is 5.78 Å². The number of carbonyl (C=O) groups excluding carboxylic acids is 1. The van der Waals surface area contributed by atoms with E-state index in [4.69, 9.17) is 23.2 Å². The minimum atomic E-state index is -0.656. The smallest absolute Gasteiger partial charge is 0.288 e. The maximum atomic E-state index is 13.1. The van der Waals surface area contributed by atoms with Gasteiger partial charge in [-0.3, -0.25) is 14.9 Å². The monoisotopic (exact) mass is 419 g/mol. The van der Waals surface area contributed by atoms with E-state index in [0.29, 0.717) is 16.9 Å². The van der Waals surface area contributed by atoms with Gasteiger partial charge in [-0.1, -0.05) is 23.2 Å². The molecule has 0 spiro atoms. The quantitative estimate of drug-likeness (QED) is 0.239. The first-order valence-electron chi connectivity index (χ1n) is 7.95. The maximum Gasteiger partial charge on any atom is 0.288 e. The molecule has 0 unspecified atom stereocenters. The molecule has 142 valence electrons. The van der Waals surface area contributed by atoms with Crippen LogP contribution in [0.5, 0.6) is 0 Å². The second-order valence-corrected chi connectivity index (χ2v) is 6.56. The molecule has 0 bridgehead atoms. The molecule has 1 aromatic heterocycles. The Kier molecular flexibility index (Phi) is 5.58. The topological polar surface area (TPSA) is 78.0 Å². The van der Waals surface area contributed by atoms with E-state index >= 15 is 0 Å². The van der Waals surface area contributed by atoms with Crippen molar-refractivity contribution in [3.8, 4) is 5.69 Å². The number of allylic oxidation sites excluding steroid dienone is 1. The highest BCUT2D eigenvalue weighted by Gasteiger charge is 2.16. The zero-order valence-corrected chi connectivity index (χ0v) is 15.9. The number of rotatable bonds is 5. The van der Waals surface area contributed by atoms with E-state index in [1.807, 2.05) is 0 Å². The van der Waals surface area contributed by atoms with Crippen LogP contribution >= 0.6 is 23.2 Å². The van der Waals surface area contributed by atoms with Crippen LogP contribution in [0.3, 0.4) is 0 Å². The number of benzene rings is 2. The van der Waals surface area contributed by atoms with Crippen molar-refractivity contribution in [3.05, 3.63) is 91.5 Å². The summed E-state index contributed by atoms with van der Waals surface area (Å²) in [5.74, 6) is -0.837. The third kappa shape index (κ3) is 3.95. The largest absolute Gasteiger partial charge is 0.289 e. The molecular weight excluding hydrogens is 408 g/mol. The number of aromatic nitrogens is 2. The molecule has 0 N–H and O–H groups in total. The molecule has 1 heterocycles. The normalized spacial score (nSPS) is 11.1.